The van der Waals surface area contributed by atoms with E-state index < -0.39 is 5.97 Å². The second kappa shape index (κ2) is 4.32. The van der Waals surface area contributed by atoms with Crippen LogP contribution in [0.5, 0.6) is 0 Å². The highest BCUT2D eigenvalue weighted by Gasteiger charge is 2.17. The summed E-state index contributed by atoms with van der Waals surface area (Å²) in [5, 5.41) is 18.1. The number of benzene rings is 1. The summed E-state index contributed by atoms with van der Waals surface area (Å²) in [5.74, 6) is -1.06. The zero-order valence-electron chi connectivity index (χ0n) is 8.57. The third-order valence-corrected chi connectivity index (χ3v) is 2.64. The average Bonchev–Trinajstić information content (AvgIpc) is 2.71. The molecule has 0 radical (unpaired) electrons. The molecule has 0 fully saturated rings. The number of aromatic nitrogens is 1. The first-order valence-electron chi connectivity index (χ1n) is 4.74. The quantitative estimate of drug-likeness (QED) is 0.855. The van der Waals surface area contributed by atoms with Gasteiger partial charge in [0.2, 0.25) is 0 Å². The van der Waals surface area contributed by atoms with Gasteiger partial charge in [-0.1, -0.05) is 23.7 Å². The number of carbonyl (C=O) groups is 1. The SMILES string of the molecule is N#Cc1cccc(-c2c(C(=O)O)c[nH]c2Cl)c1. The number of H-pyrrole nitrogens is 1. The van der Waals surface area contributed by atoms with E-state index in [0.717, 1.165) is 0 Å². The molecular weight excluding hydrogens is 240 g/mol. The van der Waals surface area contributed by atoms with Gasteiger partial charge in [0.25, 0.3) is 0 Å². The molecule has 0 atom stereocenters. The summed E-state index contributed by atoms with van der Waals surface area (Å²) in [6.45, 7) is 0. The second-order valence-corrected chi connectivity index (χ2v) is 3.77. The van der Waals surface area contributed by atoms with Gasteiger partial charge in [-0.15, -0.1) is 0 Å². The molecule has 17 heavy (non-hydrogen) atoms. The lowest BCUT2D eigenvalue weighted by Crippen LogP contribution is -1.96. The van der Waals surface area contributed by atoms with Gasteiger partial charge in [0.05, 0.1) is 17.2 Å². The number of rotatable bonds is 2. The van der Waals surface area contributed by atoms with Crippen molar-refractivity contribution in [1.29, 1.82) is 5.26 Å². The Balaban J connectivity index is 2.64. The maximum atomic E-state index is 11.0. The van der Waals surface area contributed by atoms with E-state index in [1.54, 1.807) is 24.3 Å². The first-order valence-corrected chi connectivity index (χ1v) is 5.12. The highest BCUT2D eigenvalue weighted by molar-refractivity contribution is 6.33. The standard InChI is InChI=1S/C12H7ClN2O2/c13-11-10(9(6-15-11)12(16)17)8-3-1-2-7(4-8)5-14/h1-4,6,15H,(H,16,17). The van der Waals surface area contributed by atoms with E-state index in [4.69, 9.17) is 22.0 Å². The lowest BCUT2D eigenvalue weighted by Gasteiger charge is -2.02. The third kappa shape index (κ3) is 2.01. The average molecular weight is 247 g/mol. The Hall–Kier alpha value is -2.25. The summed E-state index contributed by atoms with van der Waals surface area (Å²) in [5.41, 5.74) is 1.55. The predicted octanol–water partition coefficient (Wildman–Crippen LogP) is 2.90. The number of nitriles is 1. The van der Waals surface area contributed by atoms with Crippen LogP contribution in [0.1, 0.15) is 15.9 Å². The van der Waals surface area contributed by atoms with E-state index in [9.17, 15) is 4.79 Å². The highest BCUT2D eigenvalue weighted by atomic mass is 35.5. The van der Waals surface area contributed by atoms with Crippen LogP contribution in [-0.4, -0.2) is 16.1 Å². The Labute approximate surface area is 102 Å². The molecule has 0 amide bonds. The molecule has 0 aliphatic heterocycles. The Morgan fingerprint density at radius 1 is 1.47 bits per heavy atom. The molecular formula is C12H7ClN2O2. The molecule has 0 aliphatic rings. The molecule has 1 aromatic heterocycles. The van der Waals surface area contributed by atoms with Gasteiger partial charge in [0.1, 0.15) is 5.15 Å². The molecule has 0 aliphatic carbocycles. The van der Waals surface area contributed by atoms with E-state index in [2.05, 4.69) is 4.98 Å². The Morgan fingerprint density at radius 2 is 2.24 bits per heavy atom. The van der Waals surface area contributed by atoms with Crippen LogP contribution in [-0.2, 0) is 0 Å². The molecule has 5 heteroatoms. The molecule has 2 aromatic rings. The molecule has 1 heterocycles. The summed E-state index contributed by atoms with van der Waals surface area (Å²) in [7, 11) is 0. The fraction of sp³-hybridized carbons (Fsp3) is 0. The van der Waals surface area contributed by atoms with Gasteiger partial charge in [-0.2, -0.15) is 5.26 Å². The number of nitrogens with zero attached hydrogens (tertiary/aromatic N) is 1. The van der Waals surface area contributed by atoms with Crippen LogP contribution in [0, 0.1) is 11.3 Å². The summed E-state index contributed by atoms with van der Waals surface area (Å²) in [4.78, 5) is 13.7. The maximum Gasteiger partial charge on any atom is 0.337 e. The molecule has 1 aromatic carbocycles. The lowest BCUT2D eigenvalue weighted by molar-refractivity contribution is 0.0698. The van der Waals surface area contributed by atoms with Crippen molar-refractivity contribution in [3.63, 3.8) is 0 Å². The van der Waals surface area contributed by atoms with Crippen molar-refractivity contribution in [2.45, 2.75) is 0 Å². The minimum Gasteiger partial charge on any atom is -0.478 e. The Morgan fingerprint density at radius 3 is 2.88 bits per heavy atom. The molecule has 4 nitrogen and oxygen atoms in total. The number of halogens is 1. The van der Waals surface area contributed by atoms with Crippen LogP contribution in [0.4, 0.5) is 0 Å². The zero-order chi connectivity index (χ0) is 12.4. The number of nitrogens with one attached hydrogen (secondary N) is 1. The van der Waals surface area contributed by atoms with Gasteiger partial charge in [0, 0.05) is 11.8 Å². The number of aromatic amines is 1. The second-order valence-electron chi connectivity index (χ2n) is 3.39. The van der Waals surface area contributed by atoms with E-state index >= 15 is 0 Å². The first kappa shape index (κ1) is 11.2. The van der Waals surface area contributed by atoms with Crippen molar-refractivity contribution in [3.8, 4) is 17.2 Å². The first-order chi connectivity index (χ1) is 8.13. The van der Waals surface area contributed by atoms with Gasteiger partial charge < -0.3 is 10.1 Å². The third-order valence-electron chi connectivity index (χ3n) is 2.34. The van der Waals surface area contributed by atoms with Gasteiger partial charge in [-0.05, 0) is 17.7 Å². The normalized spacial score (nSPS) is 9.88. The summed E-state index contributed by atoms with van der Waals surface area (Å²) < 4.78 is 0. The Kier molecular flexibility index (Phi) is 2.86. The molecule has 0 unspecified atom stereocenters. The molecule has 2 rings (SSSR count). The monoisotopic (exact) mass is 246 g/mol. The number of carboxylic acid groups (broad SMARTS) is 1. The number of hydrogen-bond acceptors (Lipinski definition) is 2. The van der Waals surface area contributed by atoms with Crippen molar-refractivity contribution in [2.75, 3.05) is 0 Å². The van der Waals surface area contributed by atoms with Crippen molar-refractivity contribution in [2.24, 2.45) is 0 Å². The van der Waals surface area contributed by atoms with E-state index in [1.807, 2.05) is 6.07 Å². The van der Waals surface area contributed by atoms with Crippen molar-refractivity contribution in [1.82, 2.24) is 4.98 Å². The zero-order valence-corrected chi connectivity index (χ0v) is 9.32. The van der Waals surface area contributed by atoms with Crippen molar-refractivity contribution in [3.05, 3.63) is 46.7 Å². The fourth-order valence-corrected chi connectivity index (χ4v) is 1.86. The topological polar surface area (TPSA) is 76.9 Å². The molecule has 0 saturated carbocycles. The summed E-state index contributed by atoms with van der Waals surface area (Å²) in [6.07, 6.45) is 1.33. The lowest BCUT2D eigenvalue weighted by atomic mass is 10.0. The van der Waals surface area contributed by atoms with Crippen molar-refractivity contribution < 1.29 is 9.90 Å². The highest BCUT2D eigenvalue weighted by Crippen LogP contribution is 2.31. The van der Waals surface area contributed by atoms with Crippen LogP contribution in [0.3, 0.4) is 0 Å². The summed E-state index contributed by atoms with van der Waals surface area (Å²) in [6, 6.07) is 8.63. The van der Waals surface area contributed by atoms with Gasteiger partial charge in [-0.25, -0.2) is 4.79 Å². The van der Waals surface area contributed by atoms with Crippen LogP contribution in [0.15, 0.2) is 30.5 Å². The van der Waals surface area contributed by atoms with E-state index in [0.29, 0.717) is 16.7 Å². The molecule has 0 saturated heterocycles. The van der Waals surface area contributed by atoms with Crippen LogP contribution < -0.4 is 0 Å². The van der Waals surface area contributed by atoms with Gasteiger partial charge in [0.15, 0.2) is 0 Å². The van der Waals surface area contributed by atoms with Crippen molar-refractivity contribution >= 4 is 17.6 Å². The molecule has 0 spiro atoms. The largest absolute Gasteiger partial charge is 0.478 e. The fourth-order valence-electron chi connectivity index (χ4n) is 1.59. The molecule has 84 valence electrons. The minimum atomic E-state index is -1.06. The molecule has 0 bridgehead atoms. The van der Waals surface area contributed by atoms with Gasteiger partial charge in [-0.3, -0.25) is 0 Å². The number of carboxylic acids is 1. The van der Waals surface area contributed by atoms with Crippen LogP contribution in [0.2, 0.25) is 5.15 Å². The maximum absolute atomic E-state index is 11.0. The van der Waals surface area contributed by atoms with Crippen LogP contribution >= 0.6 is 11.6 Å². The number of aromatic carboxylic acids is 1. The smallest absolute Gasteiger partial charge is 0.337 e. The van der Waals surface area contributed by atoms with E-state index in [1.165, 1.54) is 6.20 Å². The number of hydrogen-bond donors (Lipinski definition) is 2. The minimum absolute atomic E-state index is 0.0880. The van der Waals surface area contributed by atoms with E-state index in [-0.39, 0.29) is 10.7 Å². The Bertz CT molecular complexity index is 626. The molecule has 2 N–H and O–H groups in total. The predicted molar refractivity (Wildman–Crippen MR) is 62.9 cm³/mol. The van der Waals surface area contributed by atoms with Crippen LogP contribution in [0.25, 0.3) is 11.1 Å². The summed E-state index contributed by atoms with van der Waals surface area (Å²) >= 11 is 5.92. The van der Waals surface area contributed by atoms with Gasteiger partial charge >= 0.3 is 5.97 Å².